The summed E-state index contributed by atoms with van der Waals surface area (Å²) in [6.45, 7) is 49.1. The first-order valence-electron chi connectivity index (χ1n) is 35.9. The maximum atomic E-state index is 4.64. The van der Waals surface area contributed by atoms with Gasteiger partial charge in [0.05, 0.1) is 28.3 Å². The Balaban J connectivity index is 0.000000137. The topological polar surface area (TPSA) is 64.5 Å². The molecule has 0 bridgehead atoms. The predicted octanol–water partition coefficient (Wildman–Crippen LogP) is 26.7. The van der Waals surface area contributed by atoms with Crippen LogP contribution in [0.1, 0.15) is 201 Å². The van der Waals surface area contributed by atoms with Crippen molar-refractivity contribution in [3.8, 4) is 11.1 Å². The van der Waals surface area contributed by atoms with Gasteiger partial charge in [0.1, 0.15) is 11.0 Å². The lowest BCUT2D eigenvalue weighted by molar-refractivity contribution is 0.585. The third-order valence-electron chi connectivity index (χ3n) is 18.6. The van der Waals surface area contributed by atoms with Gasteiger partial charge in [0.15, 0.2) is 0 Å². The fraction of sp³-hybridized carbons (Fsp3) is 0.316. The highest BCUT2D eigenvalue weighted by Gasteiger charge is 2.26. The molecule has 520 valence electrons. The molecule has 10 aromatic carbocycles. The van der Waals surface area contributed by atoms with Gasteiger partial charge in [-0.3, -0.25) is 15.0 Å². The van der Waals surface area contributed by atoms with E-state index in [-0.39, 0.29) is 37.9 Å². The van der Waals surface area contributed by atoms with Crippen LogP contribution in [0.4, 0.5) is 0 Å². The van der Waals surface area contributed by atoms with Gasteiger partial charge in [-0.2, -0.15) is 8.75 Å². The Morgan fingerprint density at radius 2 is 0.723 bits per heavy atom. The van der Waals surface area contributed by atoms with E-state index >= 15 is 0 Å². The van der Waals surface area contributed by atoms with E-state index in [0.717, 1.165) is 39.7 Å². The Morgan fingerprint density at radius 3 is 1.36 bits per heavy atom. The lowest BCUT2D eigenvalue weighted by atomic mass is 9.82. The van der Waals surface area contributed by atoms with Crippen molar-refractivity contribution in [3.05, 3.63) is 305 Å². The van der Waals surface area contributed by atoms with Gasteiger partial charge in [0, 0.05) is 34.2 Å². The lowest BCUT2D eigenvalue weighted by Crippen LogP contribution is -2.13. The van der Waals surface area contributed by atoms with E-state index in [1.807, 2.05) is 43.6 Å². The summed E-state index contributed by atoms with van der Waals surface area (Å²) in [5.74, 6) is 0. The van der Waals surface area contributed by atoms with Gasteiger partial charge in [0.25, 0.3) is 0 Å². The molecule has 1 aliphatic rings. The summed E-state index contributed by atoms with van der Waals surface area (Å²) in [6, 6.07) is 83.7. The lowest BCUT2D eigenvalue weighted by Gasteiger charge is -2.22. The minimum Gasteiger partial charge on any atom is -0.256 e. The van der Waals surface area contributed by atoms with E-state index in [4.69, 9.17) is 0 Å². The van der Waals surface area contributed by atoms with Gasteiger partial charge < -0.3 is 0 Å². The molecular formula is C95H109N5S. The number of fused-ring (bicyclic) bond motifs is 9. The minimum atomic E-state index is 0.148. The number of para-hydroxylation sites is 1. The van der Waals surface area contributed by atoms with Crippen LogP contribution in [0, 0.1) is 6.92 Å². The predicted molar refractivity (Wildman–Crippen MR) is 441 cm³/mol. The molecule has 0 fully saturated rings. The van der Waals surface area contributed by atoms with Gasteiger partial charge in [-0.05, 0) is 176 Å². The highest BCUT2D eigenvalue weighted by atomic mass is 32.1. The zero-order valence-corrected chi connectivity index (χ0v) is 65.3. The summed E-state index contributed by atoms with van der Waals surface area (Å²) >= 11 is 1.28. The van der Waals surface area contributed by atoms with E-state index in [2.05, 4.69) is 381 Å². The molecule has 0 saturated heterocycles. The van der Waals surface area contributed by atoms with Crippen molar-refractivity contribution in [1.82, 2.24) is 23.7 Å². The van der Waals surface area contributed by atoms with Gasteiger partial charge in [0.2, 0.25) is 0 Å². The molecule has 4 heterocycles. The van der Waals surface area contributed by atoms with Gasteiger partial charge in [-0.1, -0.05) is 340 Å². The Labute approximate surface area is 609 Å². The van der Waals surface area contributed by atoms with Crippen LogP contribution in [0.5, 0.6) is 0 Å². The molecule has 15 rings (SSSR count). The Hall–Kier alpha value is -9.23. The van der Waals surface area contributed by atoms with Crippen molar-refractivity contribution in [2.75, 3.05) is 0 Å². The van der Waals surface area contributed by atoms with E-state index in [9.17, 15) is 0 Å². The monoisotopic (exact) mass is 1350 g/mol. The van der Waals surface area contributed by atoms with Gasteiger partial charge in [-0.25, -0.2) is 0 Å². The van der Waals surface area contributed by atoms with E-state index in [1.165, 1.54) is 111 Å². The number of hydrogen-bond acceptors (Lipinski definition) is 6. The third kappa shape index (κ3) is 19.7. The average molecular weight is 1350 g/mol. The summed E-state index contributed by atoms with van der Waals surface area (Å²) < 4.78 is 8.54. The summed E-state index contributed by atoms with van der Waals surface area (Å²) in [5.41, 5.74) is 23.3. The molecule has 0 N–H and O–H groups in total. The van der Waals surface area contributed by atoms with Crippen LogP contribution in [0.25, 0.3) is 76.4 Å². The molecule has 14 aromatic rings. The number of pyridine rings is 3. The number of nitrogens with zero attached hydrogens (tertiary/aromatic N) is 5. The highest BCUT2D eigenvalue weighted by Crippen LogP contribution is 2.42. The molecule has 4 aromatic heterocycles. The summed E-state index contributed by atoms with van der Waals surface area (Å²) in [6.07, 6.45) is 4.77. The first-order chi connectivity index (χ1) is 47.5. The molecule has 0 amide bonds. The molecule has 0 saturated carbocycles. The normalized spacial score (nSPS) is 12.2. The van der Waals surface area contributed by atoms with Crippen molar-refractivity contribution in [3.63, 3.8) is 0 Å². The van der Waals surface area contributed by atoms with Gasteiger partial charge in [-0.15, -0.1) is 0 Å². The maximum Gasteiger partial charge on any atom is 0.108 e. The molecule has 5 nitrogen and oxygen atoms in total. The largest absolute Gasteiger partial charge is 0.256 e. The van der Waals surface area contributed by atoms with Crippen LogP contribution in [-0.4, -0.2) is 23.7 Å². The van der Waals surface area contributed by atoms with Crippen LogP contribution in [0.15, 0.2) is 249 Å². The molecule has 101 heavy (non-hydrogen) atoms. The van der Waals surface area contributed by atoms with Crippen LogP contribution >= 0.6 is 11.7 Å². The summed E-state index contributed by atoms with van der Waals surface area (Å²) in [5, 5.41) is 9.08. The molecule has 1 aliphatic carbocycles. The number of aryl methyl sites for hydroxylation is 1. The second-order valence-electron chi connectivity index (χ2n) is 34.1. The molecule has 0 unspecified atom stereocenters. The molecule has 0 spiro atoms. The molecule has 6 heteroatoms. The summed E-state index contributed by atoms with van der Waals surface area (Å²) in [7, 11) is 0. The van der Waals surface area contributed by atoms with E-state index in [1.54, 1.807) is 0 Å². The first kappa shape index (κ1) is 76.0. The van der Waals surface area contributed by atoms with Crippen LogP contribution in [0.3, 0.4) is 0 Å². The number of hydrogen-bond donors (Lipinski definition) is 0. The SMILES string of the molecule is CC(C)(C)c1ccc2ccccc2c1.CC(C)(C)c1ccc2ncccc2c1.CC(C)(C)c1cccc2c1Cc1ccccc1-2.CC(C)(C)c1cccc2ccccc12.CC(C)(C)c1cccc2ncccc12.CC(C)(C)c1cccc2nsnc12.Cc1ccc2cccc(C(C)(C)C)c2n1. The fourth-order valence-corrected chi connectivity index (χ4v) is 13.5. The standard InChI is InChI=1S/C17H18.C14H17N.2C14H16.2C13H15N.C10H12N2S/c1-17(2,3)16-10-6-9-14-13-8-5-4-7-12(13)11-15(14)16;1-10-8-9-11-6-5-7-12(13(11)15-10)14(2,3)4;1-14(2,3)13-10-6-8-11-7-4-5-9-12(11)13;1-14(2,3)13-9-8-11-6-4-5-7-12(11)10-13;1-13(2,3)11-7-4-8-12-10(11)6-5-9-14-12;1-13(2,3)11-6-7-12-10(9-11)5-4-8-14-12;1-10(2,3)7-5-4-6-8-9(7)12-13-11-8/h4-10H,11H2,1-3H3;5-9H,1-4H3;2*4-10H,1-3H3;2*4-9H,1-3H3;4-6H,1-3H3. The maximum absolute atomic E-state index is 4.64. The van der Waals surface area contributed by atoms with Crippen molar-refractivity contribution in [2.45, 2.75) is 197 Å². The second-order valence-corrected chi connectivity index (χ2v) is 34.6. The molecular weight excluding hydrogens is 1240 g/mol. The Bertz CT molecular complexity index is 4900. The number of rotatable bonds is 0. The Morgan fingerprint density at radius 1 is 0.287 bits per heavy atom. The first-order valence-corrected chi connectivity index (χ1v) is 36.7. The van der Waals surface area contributed by atoms with E-state index in [0.29, 0.717) is 0 Å². The smallest absolute Gasteiger partial charge is 0.108 e. The number of aromatic nitrogens is 5. The zero-order chi connectivity index (χ0) is 73.3. The van der Waals surface area contributed by atoms with Crippen LogP contribution in [-0.2, 0) is 44.3 Å². The van der Waals surface area contributed by atoms with Crippen molar-refractivity contribution in [2.24, 2.45) is 0 Å². The van der Waals surface area contributed by atoms with Crippen molar-refractivity contribution >= 4 is 77.0 Å². The van der Waals surface area contributed by atoms with Crippen LogP contribution in [0.2, 0.25) is 0 Å². The van der Waals surface area contributed by atoms with Crippen molar-refractivity contribution < 1.29 is 0 Å². The Kier molecular flexibility index (Phi) is 23.6. The average Bonchev–Trinajstić information content (AvgIpc) is 1.61. The van der Waals surface area contributed by atoms with E-state index < -0.39 is 0 Å². The number of benzene rings is 10. The summed E-state index contributed by atoms with van der Waals surface area (Å²) in [4.78, 5) is 13.3. The molecule has 0 radical (unpaired) electrons. The fourth-order valence-electron chi connectivity index (χ4n) is 13.0. The van der Waals surface area contributed by atoms with Gasteiger partial charge >= 0.3 is 0 Å². The molecule has 0 atom stereocenters. The second kappa shape index (κ2) is 31.3. The minimum absolute atomic E-state index is 0.148. The van der Waals surface area contributed by atoms with Crippen molar-refractivity contribution in [1.29, 1.82) is 0 Å². The zero-order valence-electron chi connectivity index (χ0n) is 64.5. The highest BCUT2D eigenvalue weighted by molar-refractivity contribution is 7.00. The molecule has 0 aliphatic heterocycles. The van der Waals surface area contributed by atoms with Crippen LogP contribution < -0.4 is 0 Å². The quantitative estimate of drug-likeness (QED) is 0.151. The third-order valence-corrected chi connectivity index (χ3v) is 19.1.